The highest BCUT2D eigenvalue weighted by atomic mass is 16.5. The fourth-order valence-electron chi connectivity index (χ4n) is 7.49. The van der Waals surface area contributed by atoms with Crippen LogP contribution in [0.5, 0.6) is 0 Å². The van der Waals surface area contributed by atoms with E-state index in [9.17, 15) is 0 Å². The third kappa shape index (κ3) is 10.2. The SMILES string of the molecule is CC1(C)COC(CCN2CCN(c3cc(N)nc(NCC4CCC(CNCCCNC5CCCCC5)CC4)n3)CC2)C1. The molecule has 3 heterocycles. The van der Waals surface area contributed by atoms with E-state index in [1.165, 1.54) is 77.2 Å². The van der Waals surface area contributed by atoms with E-state index in [1.807, 2.05) is 6.07 Å². The molecule has 5 N–H and O–H groups in total. The Balaban J connectivity index is 0.941. The van der Waals surface area contributed by atoms with Gasteiger partial charge in [-0.25, -0.2) is 0 Å². The van der Waals surface area contributed by atoms with Crippen LogP contribution in [-0.2, 0) is 4.74 Å². The van der Waals surface area contributed by atoms with Crippen molar-refractivity contribution < 1.29 is 4.74 Å². The highest BCUT2D eigenvalue weighted by Crippen LogP contribution is 2.33. The zero-order chi connectivity index (χ0) is 29.2. The maximum absolute atomic E-state index is 6.22. The maximum atomic E-state index is 6.22. The number of anilines is 3. The van der Waals surface area contributed by atoms with Crippen LogP contribution in [0.2, 0.25) is 0 Å². The van der Waals surface area contributed by atoms with Crippen molar-refractivity contribution in [3.8, 4) is 0 Å². The molecule has 0 aromatic carbocycles. The minimum atomic E-state index is 0.337. The molecule has 9 nitrogen and oxygen atoms in total. The number of piperazine rings is 1. The van der Waals surface area contributed by atoms with Crippen LogP contribution in [0.25, 0.3) is 0 Å². The number of hydrogen-bond donors (Lipinski definition) is 4. The standard InChI is InChI=1S/C33H60N8O/c1-33(2)22-29(42-25-33)13-16-40-17-19-41(20-18-40)31-21-30(34)38-32(39-31)37-24-27-11-9-26(10-12-27)23-35-14-6-15-36-28-7-4-3-5-8-28/h21,26-29,35-36H,3-20,22-25H2,1-2H3,(H3,34,37,38,39). The number of ether oxygens (including phenoxy) is 1. The summed E-state index contributed by atoms with van der Waals surface area (Å²) in [6.45, 7) is 15.1. The van der Waals surface area contributed by atoms with Crippen molar-refractivity contribution in [1.29, 1.82) is 0 Å². The molecule has 1 aromatic rings. The van der Waals surface area contributed by atoms with Gasteiger partial charge in [-0.15, -0.1) is 0 Å². The molecule has 5 rings (SSSR count). The summed E-state index contributed by atoms with van der Waals surface area (Å²) in [6, 6.07) is 2.71. The van der Waals surface area contributed by atoms with Crippen molar-refractivity contribution in [3.63, 3.8) is 0 Å². The molecule has 2 aliphatic heterocycles. The Morgan fingerprint density at radius 2 is 1.67 bits per heavy atom. The second-order valence-electron chi connectivity index (χ2n) is 14.5. The lowest BCUT2D eigenvalue weighted by Gasteiger charge is -2.36. The summed E-state index contributed by atoms with van der Waals surface area (Å²) >= 11 is 0. The van der Waals surface area contributed by atoms with E-state index in [0.29, 0.717) is 29.2 Å². The van der Waals surface area contributed by atoms with Crippen LogP contribution >= 0.6 is 0 Å². The van der Waals surface area contributed by atoms with Gasteiger partial charge in [0, 0.05) is 51.4 Å². The Hall–Kier alpha value is -1.68. The topological polar surface area (TPSA) is 104 Å². The van der Waals surface area contributed by atoms with E-state index < -0.39 is 0 Å². The minimum Gasteiger partial charge on any atom is -0.383 e. The lowest BCUT2D eigenvalue weighted by atomic mass is 9.82. The molecular weight excluding hydrogens is 524 g/mol. The molecule has 2 saturated heterocycles. The van der Waals surface area contributed by atoms with E-state index >= 15 is 0 Å². The summed E-state index contributed by atoms with van der Waals surface area (Å²) in [4.78, 5) is 14.3. The third-order valence-corrected chi connectivity index (χ3v) is 10.2. The molecule has 0 bridgehead atoms. The van der Waals surface area contributed by atoms with Crippen LogP contribution in [0, 0.1) is 17.3 Å². The Morgan fingerprint density at radius 1 is 0.929 bits per heavy atom. The highest BCUT2D eigenvalue weighted by molar-refractivity contribution is 5.51. The maximum Gasteiger partial charge on any atom is 0.226 e. The van der Waals surface area contributed by atoms with E-state index in [4.69, 9.17) is 15.5 Å². The fourth-order valence-corrected chi connectivity index (χ4v) is 7.49. The molecule has 0 amide bonds. The van der Waals surface area contributed by atoms with Crippen molar-refractivity contribution >= 4 is 17.6 Å². The predicted octanol–water partition coefficient (Wildman–Crippen LogP) is 4.51. The van der Waals surface area contributed by atoms with E-state index in [2.05, 4.69) is 44.6 Å². The fraction of sp³-hybridized carbons (Fsp3) is 0.879. The lowest BCUT2D eigenvalue weighted by molar-refractivity contribution is 0.0832. The Labute approximate surface area is 255 Å². The smallest absolute Gasteiger partial charge is 0.226 e. The Morgan fingerprint density at radius 3 is 2.38 bits per heavy atom. The number of aromatic nitrogens is 2. The average molecular weight is 585 g/mol. The van der Waals surface area contributed by atoms with Gasteiger partial charge in [-0.3, -0.25) is 4.90 Å². The lowest BCUT2D eigenvalue weighted by Crippen LogP contribution is -2.47. The summed E-state index contributed by atoms with van der Waals surface area (Å²) < 4.78 is 6.01. The zero-order valence-corrected chi connectivity index (χ0v) is 26.7. The predicted molar refractivity (Wildman–Crippen MR) is 174 cm³/mol. The van der Waals surface area contributed by atoms with E-state index in [0.717, 1.165) is 83.2 Å². The van der Waals surface area contributed by atoms with Gasteiger partial charge >= 0.3 is 0 Å². The highest BCUT2D eigenvalue weighted by Gasteiger charge is 2.32. The van der Waals surface area contributed by atoms with Gasteiger partial charge in [-0.2, -0.15) is 9.97 Å². The molecule has 2 saturated carbocycles. The quantitative estimate of drug-likeness (QED) is 0.235. The first kappa shape index (κ1) is 31.7. The summed E-state index contributed by atoms with van der Waals surface area (Å²) in [7, 11) is 0. The zero-order valence-electron chi connectivity index (χ0n) is 26.7. The second kappa shape index (κ2) is 15.9. The van der Waals surface area contributed by atoms with Gasteiger partial charge in [-0.05, 0) is 94.7 Å². The molecule has 9 heteroatoms. The molecule has 4 aliphatic rings. The number of nitrogens with zero attached hydrogens (tertiary/aromatic N) is 4. The summed E-state index contributed by atoms with van der Waals surface area (Å²) in [6.07, 6.45) is 16.2. The number of hydrogen-bond acceptors (Lipinski definition) is 9. The molecular formula is C33H60N8O. The van der Waals surface area contributed by atoms with Crippen molar-refractivity contribution in [2.75, 3.05) is 81.5 Å². The van der Waals surface area contributed by atoms with Gasteiger partial charge in [-0.1, -0.05) is 33.1 Å². The average Bonchev–Trinajstić information content (AvgIpc) is 3.36. The van der Waals surface area contributed by atoms with Crippen LogP contribution in [0.3, 0.4) is 0 Å². The van der Waals surface area contributed by atoms with Crippen molar-refractivity contribution in [3.05, 3.63) is 6.07 Å². The molecule has 1 atom stereocenters. The molecule has 2 aliphatic carbocycles. The first-order valence-corrected chi connectivity index (χ1v) is 17.3. The molecule has 238 valence electrons. The van der Waals surface area contributed by atoms with Crippen LogP contribution < -0.4 is 26.6 Å². The van der Waals surface area contributed by atoms with Gasteiger partial charge in [0.1, 0.15) is 11.6 Å². The minimum absolute atomic E-state index is 0.337. The Kier molecular flexibility index (Phi) is 12.0. The van der Waals surface area contributed by atoms with Crippen LogP contribution in [0.15, 0.2) is 6.07 Å². The normalized spacial score (nSPS) is 27.4. The summed E-state index contributed by atoms with van der Waals surface area (Å²) in [5, 5.41) is 11.0. The third-order valence-electron chi connectivity index (χ3n) is 10.2. The number of rotatable bonds is 14. The number of nitrogens with two attached hydrogens (primary N) is 1. The first-order chi connectivity index (χ1) is 20.4. The van der Waals surface area contributed by atoms with Crippen LogP contribution in [0.1, 0.15) is 90.9 Å². The number of nitrogen functional groups attached to an aromatic ring is 1. The first-order valence-electron chi connectivity index (χ1n) is 17.3. The van der Waals surface area contributed by atoms with Crippen LogP contribution in [0.4, 0.5) is 17.6 Å². The molecule has 42 heavy (non-hydrogen) atoms. The summed E-state index contributed by atoms with van der Waals surface area (Å²) in [5.41, 5.74) is 6.56. The van der Waals surface area contributed by atoms with E-state index in [-0.39, 0.29) is 0 Å². The van der Waals surface area contributed by atoms with Crippen molar-refractivity contribution in [1.82, 2.24) is 25.5 Å². The summed E-state index contributed by atoms with van der Waals surface area (Å²) in [5.74, 6) is 3.69. The largest absolute Gasteiger partial charge is 0.383 e. The molecule has 1 aromatic heterocycles. The molecule has 0 radical (unpaired) electrons. The van der Waals surface area contributed by atoms with Crippen molar-refractivity contribution in [2.45, 2.75) is 103 Å². The van der Waals surface area contributed by atoms with Gasteiger partial charge in [0.25, 0.3) is 0 Å². The van der Waals surface area contributed by atoms with Gasteiger partial charge in [0.2, 0.25) is 5.95 Å². The Bertz CT molecular complexity index is 923. The van der Waals surface area contributed by atoms with Gasteiger partial charge < -0.3 is 31.3 Å². The molecule has 0 spiro atoms. The molecule has 4 fully saturated rings. The van der Waals surface area contributed by atoms with Crippen molar-refractivity contribution in [2.24, 2.45) is 17.3 Å². The monoisotopic (exact) mass is 584 g/mol. The molecule has 1 unspecified atom stereocenters. The second-order valence-corrected chi connectivity index (χ2v) is 14.5. The van der Waals surface area contributed by atoms with Gasteiger partial charge in [0.05, 0.1) is 12.7 Å². The van der Waals surface area contributed by atoms with Crippen LogP contribution in [-0.4, -0.2) is 92.5 Å². The van der Waals surface area contributed by atoms with Gasteiger partial charge in [0.15, 0.2) is 0 Å². The number of nitrogens with one attached hydrogen (secondary N) is 3. The van der Waals surface area contributed by atoms with E-state index in [1.54, 1.807) is 0 Å².